The second-order valence-corrected chi connectivity index (χ2v) is 3.04. The molecular formula is C12H13N3O4. The van der Waals surface area contributed by atoms with Crippen LogP contribution in [0.2, 0.25) is 0 Å². The van der Waals surface area contributed by atoms with Crippen LogP contribution in [0.4, 0.5) is 4.79 Å². The van der Waals surface area contributed by atoms with Crippen molar-refractivity contribution in [1.82, 2.24) is 5.32 Å². The number of isocyanates is 1. The van der Waals surface area contributed by atoms with Crippen molar-refractivity contribution >= 4 is 18.1 Å². The number of carbonyl (C=O) groups is 2. The quantitative estimate of drug-likeness (QED) is 0.246. The maximum Gasteiger partial charge on any atom is 0.332 e. The van der Waals surface area contributed by atoms with Crippen molar-refractivity contribution in [2.45, 2.75) is 6.23 Å². The third kappa shape index (κ3) is 7.09. The van der Waals surface area contributed by atoms with Crippen LogP contribution in [0.1, 0.15) is 11.8 Å². The summed E-state index contributed by atoms with van der Waals surface area (Å²) in [6, 6.07) is 7.96. The molecule has 4 N–H and O–H groups in total. The zero-order valence-electron chi connectivity index (χ0n) is 9.96. The van der Waals surface area contributed by atoms with Crippen LogP contribution in [0.3, 0.4) is 0 Å². The van der Waals surface area contributed by atoms with E-state index in [-0.39, 0.29) is 0 Å². The number of rotatable bonds is 4. The van der Waals surface area contributed by atoms with Gasteiger partial charge in [0.15, 0.2) is 0 Å². The second-order valence-electron chi connectivity index (χ2n) is 3.04. The predicted octanol–water partition coefficient (Wildman–Crippen LogP) is 0.984. The largest absolute Gasteiger partial charge is 0.434 e. The first-order valence-electron chi connectivity index (χ1n) is 5.03. The van der Waals surface area contributed by atoms with E-state index in [4.69, 9.17) is 20.7 Å². The topological polar surface area (TPSA) is 122 Å². The molecular weight excluding hydrogens is 250 g/mol. The molecule has 100 valence electrons. The normalized spacial score (nSPS) is 9.89. The first kappa shape index (κ1) is 16.1. The highest BCUT2D eigenvalue weighted by Crippen LogP contribution is 2.13. The van der Waals surface area contributed by atoms with Crippen molar-refractivity contribution in [3.8, 4) is 0 Å². The van der Waals surface area contributed by atoms with Gasteiger partial charge in [0.05, 0.1) is 0 Å². The number of hydrogen-bond acceptors (Lipinski definition) is 5. The summed E-state index contributed by atoms with van der Waals surface area (Å²) < 4.78 is 4.93. The first-order chi connectivity index (χ1) is 9.04. The molecule has 1 aromatic carbocycles. The fourth-order valence-corrected chi connectivity index (χ4v) is 1.10. The Balaban J connectivity index is 0.000000982. The highest BCUT2D eigenvalue weighted by molar-refractivity contribution is 5.81. The van der Waals surface area contributed by atoms with Crippen molar-refractivity contribution in [3.05, 3.63) is 48.6 Å². The number of ether oxygens (including phenoxy) is 1. The number of carbonyl (C=O) groups excluding carboxylic acids is 3. The average molecular weight is 263 g/mol. The summed E-state index contributed by atoms with van der Waals surface area (Å²) in [6.07, 6.45) is 0.864. The van der Waals surface area contributed by atoms with Crippen molar-refractivity contribution in [1.29, 1.82) is 5.41 Å². The SMILES string of the molecule is C=CC(=O)OC(NC(N)=O)c1ccccc1.N=C=O. The lowest BCUT2D eigenvalue weighted by molar-refractivity contribution is -0.144. The predicted molar refractivity (Wildman–Crippen MR) is 66.6 cm³/mol. The van der Waals surface area contributed by atoms with Gasteiger partial charge in [-0.1, -0.05) is 36.9 Å². The van der Waals surface area contributed by atoms with Gasteiger partial charge < -0.3 is 10.5 Å². The molecule has 7 nitrogen and oxygen atoms in total. The van der Waals surface area contributed by atoms with Crippen LogP contribution in [0.25, 0.3) is 0 Å². The van der Waals surface area contributed by atoms with Crippen LogP contribution >= 0.6 is 0 Å². The highest BCUT2D eigenvalue weighted by atomic mass is 16.6. The van der Waals surface area contributed by atoms with E-state index in [9.17, 15) is 9.59 Å². The average Bonchev–Trinajstić information content (AvgIpc) is 2.39. The minimum Gasteiger partial charge on any atom is -0.434 e. The summed E-state index contributed by atoms with van der Waals surface area (Å²) in [5, 5.41) is 7.71. The molecule has 0 aliphatic heterocycles. The third-order valence-corrected chi connectivity index (χ3v) is 1.78. The van der Waals surface area contributed by atoms with Gasteiger partial charge in [0.25, 0.3) is 0 Å². The lowest BCUT2D eigenvalue weighted by Crippen LogP contribution is -2.35. The van der Waals surface area contributed by atoms with E-state index in [1.165, 1.54) is 0 Å². The molecule has 2 amide bonds. The summed E-state index contributed by atoms with van der Waals surface area (Å²) in [5.74, 6) is -0.636. The number of urea groups is 1. The van der Waals surface area contributed by atoms with Gasteiger partial charge in [-0.05, 0) is 0 Å². The van der Waals surface area contributed by atoms with Crippen LogP contribution < -0.4 is 11.1 Å². The molecule has 1 aromatic rings. The van der Waals surface area contributed by atoms with Gasteiger partial charge in [-0.25, -0.2) is 19.8 Å². The van der Waals surface area contributed by atoms with Gasteiger partial charge in [0.2, 0.25) is 12.3 Å². The smallest absolute Gasteiger partial charge is 0.332 e. The summed E-state index contributed by atoms with van der Waals surface area (Å²) in [6.45, 7) is 3.27. The van der Waals surface area contributed by atoms with Crippen molar-refractivity contribution in [2.24, 2.45) is 5.73 Å². The fraction of sp³-hybridized carbons (Fsp3) is 0.0833. The minimum atomic E-state index is -0.899. The monoisotopic (exact) mass is 263 g/mol. The van der Waals surface area contributed by atoms with E-state index in [1.54, 1.807) is 30.3 Å². The Bertz CT molecular complexity index is 467. The molecule has 19 heavy (non-hydrogen) atoms. The molecule has 0 bridgehead atoms. The van der Waals surface area contributed by atoms with Gasteiger partial charge >= 0.3 is 12.0 Å². The highest BCUT2D eigenvalue weighted by Gasteiger charge is 2.15. The molecule has 0 saturated heterocycles. The first-order valence-corrected chi connectivity index (χ1v) is 5.03. The second kappa shape index (κ2) is 9.15. The van der Waals surface area contributed by atoms with Crippen LogP contribution in [-0.4, -0.2) is 18.1 Å². The number of hydrogen-bond donors (Lipinski definition) is 3. The Hall–Kier alpha value is -2.92. The van der Waals surface area contributed by atoms with Crippen LogP contribution in [0, 0.1) is 5.41 Å². The number of nitrogens with one attached hydrogen (secondary N) is 2. The van der Waals surface area contributed by atoms with Gasteiger partial charge in [-0.2, -0.15) is 0 Å². The van der Waals surface area contributed by atoms with E-state index >= 15 is 0 Å². The van der Waals surface area contributed by atoms with Crippen LogP contribution in [0.15, 0.2) is 43.0 Å². The number of benzene rings is 1. The third-order valence-electron chi connectivity index (χ3n) is 1.78. The molecule has 0 spiro atoms. The molecule has 0 aliphatic carbocycles. The molecule has 0 heterocycles. The Kier molecular flexibility index (Phi) is 7.74. The lowest BCUT2D eigenvalue weighted by atomic mass is 10.2. The summed E-state index contributed by atoms with van der Waals surface area (Å²) in [5.41, 5.74) is 5.60. The molecule has 0 aliphatic rings. The minimum absolute atomic E-state index is 0.622. The molecule has 0 radical (unpaired) electrons. The van der Waals surface area contributed by atoms with Crippen molar-refractivity contribution < 1.29 is 19.1 Å². The Morgan fingerprint density at radius 2 is 1.95 bits per heavy atom. The van der Waals surface area contributed by atoms with E-state index in [0.29, 0.717) is 5.56 Å². The Morgan fingerprint density at radius 1 is 1.42 bits per heavy atom. The van der Waals surface area contributed by atoms with E-state index < -0.39 is 18.2 Å². The number of primary amides is 1. The van der Waals surface area contributed by atoms with Crippen molar-refractivity contribution in [3.63, 3.8) is 0 Å². The van der Waals surface area contributed by atoms with Gasteiger partial charge in [0.1, 0.15) is 0 Å². The maximum absolute atomic E-state index is 11.0. The summed E-state index contributed by atoms with van der Waals surface area (Å²) in [7, 11) is 0. The Morgan fingerprint density at radius 3 is 2.37 bits per heavy atom. The molecule has 1 unspecified atom stereocenters. The number of nitrogens with two attached hydrogens (primary N) is 1. The maximum atomic E-state index is 11.0. The van der Waals surface area contributed by atoms with E-state index in [2.05, 4.69) is 11.9 Å². The standard InChI is InChI=1S/C11H12N2O3.CHNO/c1-2-9(14)16-10(13-11(12)15)8-6-4-3-5-7-8;2-1-3/h2-7,10H,1H2,(H3,12,13,15);2H. The van der Waals surface area contributed by atoms with Crippen LogP contribution in [-0.2, 0) is 14.3 Å². The molecule has 0 saturated carbocycles. The lowest BCUT2D eigenvalue weighted by Gasteiger charge is -2.17. The van der Waals surface area contributed by atoms with Crippen molar-refractivity contribution in [2.75, 3.05) is 0 Å². The molecule has 7 heteroatoms. The zero-order valence-corrected chi connectivity index (χ0v) is 9.96. The zero-order chi connectivity index (χ0) is 14.7. The van der Waals surface area contributed by atoms with E-state index in [1.807, 2.05) is 0 Å². The number of esters is 1. The summed E-state index contributed by atoms with van der Waals surface area (Å²) >= 11 is 0. The van der Waals surface area contributed by atoms with Gasteiger partial charge in [-0.3, -0.25) is 5.32 Å². The van der Waals surface area contributed by atoms with E-state index in [0.717, 1.165) is 12.2 Å². The fourth-order valence-electron chi connectivity index (χ4n) is 1.10. The number of amides is 2. The summed E-state index contributed by atoms with van der Waals surface area (Å²) in [4.78, 5) is 30.1. The Labute approximate surface area is 109 Å². The van der Waals surface area contributed by atoms with Gasteiger partial charge in [-0.15, -0.1) is 0 Å². The van der Waals surface area contributed by atoms with Crippen LogP contribution in [0.5, 0.6) is 0 Å². The molecule has 1 atom stereocenters. The molecule has 1 rings (SSSR count). The van der Waals surface area contributed by atoms with Gasteiger partial charge in [0, 0.05) is 11.6 Å². The molecule has 0 aromatic heterocycles. The molecule has 0 fully saturated rings.